The van der Waals surface area contributed by atoms with E-state index >= 15 is 0 Å². The average Bonchev–Trinajstić information content (AvgIpc) is 2.86. The first-order valence-electron chi connectivity index (χ1n) is 5.30. The lowest BCUT2D eigenvalue weighted by atomic mass is 10.1. The number of aromatic amines is 1. The molecule has 0 saturated heterocycles. The predicted octanol–water partition coefficient (Wildman–Crippen LogP) is 2.63. The van der Waals surface area contributed by atoms with E-state index in [0.29, 0.717) is 0 Å². The molecule has 0 fully saturated rings. The molecule has 3 aromatic rings. The molecule has 17 heavy (non-hydrogen) atoms. The number of hydrogen-bond donors (Lipinski definition) is 1. The Morgan fingerprint density at radius 1 is 1.06 bits per heavy atom. The van der Waals surface area contributed by atoms with Crippen LogP contribution >= 0.6 is 0 Å². The van der Waals surface area contributed by atoms with Crippen molar-refractivity contribution in [3.8, 4) is 16.9 Å². The monoisotopic (exact) mass is 225 g/mol. The maximum Gasteiger partial charge on any atom is 0.177 e. The highest BCUT2D eigenvalue weighted by molar-refractivity contribution is 5.77. The largest absolute Gasteiger partial charge is 0.497 e. The molecule has 2 aromatic heterocycles. The molecule has 4 nitrogen and oxygen atoms in total. The summed E-state index contributed by atoms with van der Waals surface area (Å²) in [4.78, 5) is 11.4. The Labute approximate surface area is 98.3 Å². The smallest absolute Gasteiger partial charge is 0.177 e. The molecule has 84 valence electrons. The van der Waals surface area contributed by atoms with E-state index in [1.54, 1.807) is 13.4 Å². The van der Waals surface area contributed by atoms with E-state index in [2.05, 4.69) is 15.0 Å². The number of hydrogen-bond acceptors (Lipinski definition) is 3. The number of pyridine rings is 1. The standard InChI is InChI=1S/C13H11N3O/c1-17-11-4-2-9(3-5-11)10-6-12-13(14-7-10)16-8-15-12/h2-8H,1H3,(H,14,15,16). The fourth-order valence-electron chi connectivity index (χ4n) is 1.77. The van der Waals surface area contributed by atoms with Crippen LogP contribution in [0.25, 0.3) is 22.3 Å². The van der Waals surface area contributed by atoms with Gasteiger partial charge in [0.25, 0.3) is 0 Å². The minimum Gasteiger partial charge on any atom is -0.497 e. The predicted molar refractivity (Wildman–Crippen MR) is 65.9 cm³/mol. The van der Waals surface area contributed by atoms with Crippen LogP contribution in [-0.4, -0.2) is 22.1 Å². The van der Waals surface area contributed by atoms with E-state index in [1.165, 1.54) is 0 Å². The number of nitrogens with one attached hydrogen (secondary N) is 1. The summed E-state index contributed by atoms with van der Waals surface area (Å²) in [6.45, 7) is 0. The Hall–Kier alpha value is -2.36. The second-order valence-corrected chi connectivity index (χ2v) is 3.73. The molecule has 2 heterocycles. The van der Waals surface area contributed by atoms with Crippen LogP contribution in [-0.2, 0) is 0 Å². The maximum atomic E-state index is 5.13. The van der Waals surface area contributed by atoms with Crippen molar-refractivity contribution in [3.05, 3.63) is 42.9 Å². The summed E-state index contributed by atoms with van der Waals surface area (Å²) >= 11 is 0. The highest BCUT2D eigenvalue weighted by Gasteiger charge is 2.02. The molecule has 0 bridgehead atoms. The first kappa shape index (κ1) is 9.84. The molecular weight excluding hydrogens is 214 g/mol. The number of fused-ring (bicyclic) bond motifs is 1. The Morgan fingerprint density at radius 3 is 2.65 bits per heavy atom. The number of H-pyrrole nitrogens is 1. The van der Waals surface area contributed by atoms with Gasteiger partial charge < -0.3 is 9.72 Å². The lowest BCUT2D eigenvalue weighted by Crippen LogP contribution is -1.84. The molecule has 0 atom stereocenters. The van der Waals surface area contributed by atoms with Crippen LogP contribution in [0.15, 0.2) is 42.9 Å². The number of ether oxygens (including phenoxy) is 1. The molecule has 0 radical (unpaired) electrons. The third-order valence-corrected chi connectivity index (χ3v) is 2.70. The van der Waals surface area contributed by atoms with Gasteiger partial charge in [0.05, 0.1) is 19.0 Å². The van der Waals surface area contributed by atoms with Gasteiger partial charge in [-0.1, -0.05) is 12.1 Å². The Bertz CT molecular complexity index is 643. The first-order chi connectivity index (χ1) is 8.36. The molecule has 3 rings (SSSR count). The van der Waals surface area contributed by atoms with Crippen LogP contribution in [0.4, 0.5) is 0 Å². The second-order valence-electron chi connectivity index (χ2n) is 3.73. The molecular formula is C13H11N3O. The van der Waals surface area contributed by atoms with Gasteiger partial charge in [-0.2, -0.15) is 0 Å². The van der Waals surface area contributed by atoms with Crippen LogP contribution in [0.5, 0.6) is 5.75 Å². The topological polar surface area (TPSA) is 50.8 Å². The third-order valence-electron chi connectivity index (χ3n) is 2.70. The van der Waals surface area contributed by atoms with Crippen molar-refractivity contribution in [2.75, 3.05) is 7.11 Å². The zero-order valence-electron chi connectivity index (χ0n) is 9.34. The SMILES string of the molecule is COc1ccc(-c2cnc3nc[nH]c3c2)cc1. The van der Waals surface area contributed by atoms with E-state index in [1.807, 2.05) is 36.5 Å². The molecule has 1 aromatic carbocycles. The minimum absolute atomic E-state index is 0.738. The van der Waals surface area contributed by atoms with Crippen molar-refractivity contribution in [2.24, 2.45) is 0 Å². The molecule has 0 aliphatic rings. The second kappa shape index (κ2) is 3.90. The number of nitrogens with zero attached hydrogens (tertiary/aromatic N) is 2. The van der Waals surface area contributed by atoms with Crippen LogP contribution in [0, 0.1) is 0 Å². The summed E-state index contributed by atoms with van der Waals surface area (Å²) in [6.07, 6.45) is 3.47. The van der Waals surface area contributed by atoms with Gasteiger partial charge in [-0.3, -0.25) is 0 Å². The van der Waals surface area contributed by atoms with Crippen molar-refractivity contribution in [3.63, 3.8) is 0 Å². The summed E-state index contributed by atoms with van der Waals surface area (Å²) in [7, 11) is 1.66. The summed E-state index contributed by atoms with van der Waals surface area (Å²) < 4.78 is 5.13. The fourth-order valence-corrected chi connectivity index (χ4v) is 1.77. The molecule has 0 spiro atoms. The van der Waals surface area contributed by atoms with Crippen molar-refractivity contribution in [2.45, 2.75) is 0 Å². The van der Waals surface area contributed by atoms with Gasteiger partial charge >= 0.3 is 0 Å². The van der Waals surface area contributed by atoms with Crippen LogP contribution in [0.3, 0.4) is 0 Å². The Balaban J connectivity index is 2.06. The van der Waals surface area contributed by atoms with Gasteiger partial charge in [-0.05, 0) is 23.8 Å². The number of aromatic nitrogens is 3. The number of methoxy groups -OCH3 is 1. The van der Waals surface area contributed by atoms with Crippen molar-refractivity contribution < 1.29 is 4.74 Å². The molecule has 0 aliphatic heterocycles. The molecule has 1 N–H and O–H groups in total. The minimum atomic E-state index is 0.738. The molecule has 4 heteroatoms. The first-order valence-corrected chi connectivity index (χ1v) is 5.30. The van der Waals surface area contributed by atoms with Gasteiger partial charge in [0.1, 0.15) is 5.75 Å². The van der Waals surface area contributed by atoms with Crippen molar-refractivity contribution in [1.82, 2.24) is 15.0 Å². The van der Waals surface area contributed by atoms with Crippen LogP contribution in [0.2, 0.25) is 0 Å². The molecule has 0 saturated carbocycles. The van der Waals surface area contributed by atoms with E-state index in [9.17, 15) is 0 Å². The van der Waals surface area contributed by atoms with E-state index in [-0.39, 0.29) is 0 Å². The molecule has 0 amide bonds. The number of benzene rings is 1. The maximum absolute atomic E-state index is 5.13. The van der Waals surface area contributed by atoms with Gasteiger partial charge in [0.2, 0.25) is 0 Å². The third kappa shape index (κ3) is 1.73. The van der Waals surface area contributed by atoms with Gasteiger partial charge in [0, 0.05) is 11.8 Å². The van der Waals surface area contributed by atoms with Crippen LogP contribution < -0.4 is 4.74 Å². The lowest BCUT2D eigenvalue weighted by Gasteiger charge is -2.03. The highest BCUT2D eigenvalue weighted by Crippen LogP contribution is 2.23. The quantitative estimate of drug-likeness (QED) is 0.729. The molecule has 0 unspecified atom stereocenters. The van der Waals surface area contributed by atoms with E-state index in [0.717, 1.165) is 28.0 Å². The summed E-state index contributed by atoms with van der Waals surface area (Å²) in [6, 6.07) is 9.94. The van der Waals surface area contributed by atoms with Gasteiger partial charge in [0.15, 0.2) is 5.65 Å². The Morgan fingerprint density at radius 2 is 1.88 bits per heavy atom. The van der Waals surface area contributed by atoms with E-state index in [4.69, 9.17) is 4.74 Å². The number of imidazole rings is 1. The van der Waals surface area contributed by atoms with Crippen LogP contribution in [0.1, 0.15) is 0 Å². The lowest BCUT2D eigenvalue weighted by molar-refractivity contribution is 0.415. The van der Waals surface area contributed by atoms with Crippen molar-refractivity contribution in [1.29, 1.82) is 0 Å². The van der Waals surface area contributed by atoms with E-state index < -0.39 is 0 Å². The zero-order chi connectivity index (χ0) is 11.7. The van der Waals surface area contributed by atoms with Gasteiger partial charge in [-0.25, -0.2) is 9.97 Å². The zero-order valence-corrected chi connectivity index (χ0v) is 9.34. The summed E-state index contributed by atoms with van der Waals surface area (Å²) in [5.74, 6) is 0.851. The summed E-state index contributed by atoms with van der Waals surface area (Å²) in [5.41, 5.74) is 3.85. The Kier molecular flexibility index (Phi) is 2.26. The van der Waals surface area contributed by atoms with Gasteiger partial charge in [-0.15, -0.1) is 0 Å². The summed E-state index contributed by atoms with van der Waals surface area (Å²) in [5, 5.41) is 0. The number of rotatable bonds is 2. The highest BCUT2D eigenvalue weighted by atomic mass is 16.5. The fraction of sp³-hybridized carbons (Fsp3) is 0.0769. The average molecular weight is 225 g/mol. The molecule has 0 aliphatic carbocycles. The normalized spacial score (nSPS) is 10.6. The van der Waals surface area contributed by atoms with Crippen molar-refractivity contribution >= 4 is 11.2 Å².